The highest BCUT2D eigenvalue weighted by atomic mass is 35.5. The van der Waals surface area contributed by atoms with Gasteiger partial charge in [-0.3, -0.25) is 4.79 Å². The average molecular weight is 339 g/mol. The topological polar surface area (TPSA) is 50.4 Å². The summed E-state index contributed by atoms with van der Waals surface area (Å²) in [5.41, 5.74) is 1.86. The third-order valence-electron chi connectivity index (χ3n) is 5.23. The Hall–Kier alpha value is -1.26. The monoisotopic (exact) mass is 338 g/mol. The van der Waals surface area contributed by atoms with Gasteiger partial charge in [-0.1, -0.05) is 18.6 Å². The first-order valence-corrected chi connectivity index (χ1v) is 8.32. The first-order chi connectivity index (χ1) is 10.7. The summed E-state index contributed by atoms with van der Waals surface area (Å²) in [7, 11) is 1.69. The summed E-state index contributed by atoms with van der Waals surface area (Å²) in [5, 5.41) is 6.63. The number of amides is 1. The van der Waals surface area contributed by atoms with Gasteiger partial charge in [0.2, 0.25) is 5.91 Å². The van der Waals surface area contributed by atoms with Crippen LogP contribution >= 0.6 is 12.4 Å². The lowest BCUT2D eigenvalue weighted by molar-refractivity contribution is -0.130. The third kappa shape index (κ3) is 3.48. The fourth-order valence-electron chi connectivity index (χ4n) is 3.59. The van der Waals surface area contributed by atoms with Crippen LogP contribution in [0.1, 0.15) is 43.2 Å². The van der Waals surface area contributed by atoms with Gasteiger partial charge in [-0.15, -0.1) is 12.4 Å². The van der Waals surface area contributed by atoms with Crippen molar-refractivity contribution in [2.75, 3.05) is 20.2 Å². The SMILES string of the molecule is COc1cc(C2(C(=O)N[C@H]3CCCNC3)CCC2)ccc1C.Cl. The van der Waals surface area contributed by atoms with E-state index in [0.717, 1.165) is 62.1 Å². The van der Waals surface area contributed by atoms with Crippen LogP contribution < -0.4 is 15.4 Å². The molecule has 3 rings (SSSR count). The Morgan fingerprint density at radius 1 is 1.35 bits per heavy atom. The van der Waals surface area contributed by atoms with Gasteiger partial charge in [0.15, 0.2) is 0 Å². The van der Waals surface area contributed by atoms with E-state index < -0.39 is 0 Å². The fraction of sp³-hybridized carbons (Fsp3) is 0.611. The molecular weight excluding hydrogens is 312 g/mol. The van der Waals surface area contributed by atoms with Crippen LogP contribution in [0, 0.1) is 6.92 Å². The summed E-state index contributed by atoms with van der Waals surface area (Å²) in [6.45, 7) is 3.98. The minimum atomic E-state index is -0.349. The summed E-state index contributed by atoms with van der Waals surface area (Å²) in [6.07, 6.45) is 5.20. The maximum Gasteiger partial charge on any atom is 0.230 e. The summed E-state index contributed by atoms with van der Waals surface area (Å²) < 4.78 is 5.44. The van der Waals surface area contributed by atoms with Crippen molar-refractivity contribution in [1.29, 1.82) is 0 Å². The standard InChI is InChI=1S/C18H26N2O2.ClH/c1-13-6-7-14(11-16(13)22-2)18(8-4-9-18)17(21)20-15-5-3-10-19-12-15;/h6-7,11,15,19H,3-5,8-10,12H2,1-2H3,(H,20,21);1H/t15-;/m0./s1. The highest BCUT2D eigenvalue weighted by molar-refractivity contribution is 5.89. The molecule has 1 amide bonds. The van der Waals surface area contributed by atoms with Crippen LogP contribution in [-0.2, 0) is 10.2 Å². The molecule has 1 aromatic rings. The molecule has 128 valence electrons. The number of ether oxygens (including phenoxy) is 1. The number of piperidine rings is 1. The zero-order valence-electron chi connectivity index (χ0n) is 14.0. The summed E-state index contributed by atoms with van der Waals surface area (Å²) in [5.74, 6) is 1.06. The lowest BCUT2D eigenvalue weighted by atomic mass is 9.63. The van der Waals surface area contributed by atoms with E-state index in [1.165, 1.54) is 0 Å². The van der Waals surface area contributed by atoms with Crippen LogP contribution in [0.5, 0.6) is 5.75 Å². The van der Waals surface area contributed by atoms with Crippen LogP contribution in [0.2, 0.25) is 0 Å². The Morgan fingerprint density at radius 2 is 2.13 bits per heavy atom. The number of hydrogen-bond acceptors (Lipinski definition) is 3. The van der Waals surface area contributed by atoms with E-state index in [4.69, 9.17) is 4.74 Å². The summed E-state index contributed by atoms with van der Waals surface area (Å²) in [6, 6.07) is 6.47. The molecule has 0 bridgehead atoms. The molecule has 1 saturated carbocycles. The first-order valence-electron chi connectivity index (χ1n) is 8.32. The smallest absolute Gasteiger partial charge is 0.230 e. The molecule has 2 N–H and O–H groups in total. The van der Waals surface area contributed by atoms with Gasteiger partial charge in [-0.2, -0.15) is 0 Å². The van der Waals surface area contributed by atoms with E-state index in [1.807, 2.05) is 13.0 Å². The predicted molar refractivity (Wildman–Crippen MR) is 94.5 cm³/mol. The normalized spacial score (nSPS) is 22.4. The lowest BCUT2D eigenvalue weighted by Gasteiger charge is -2.42. The van der Waals surface area contributed by atoms with E-state index in [0.29, 0.717) is 0 Å². The van der Waals surface area contributed by atoms with Gasteiger partial charge in [-0.05, 0) is 56.3 Å². The Bertz CT molecular complexity index is 552. The van der Waals surface area contributed by atoms with Gasteiger partial charge in [0.1, 0.15) is 5.75 Å². The number of aryl methyl sites for hydroxylation is 1. The molecule has 0 aromatic heterocycles. The zero-order chi connectivity index (χ0) is 15.6. The van der Waals surface area contributed by atoms with Crippen LogP contribution in [-0.4, -0.2) is 32.1 Å². The summed E-state index contributed by atoms with van der Waals surface area (Å²) in [4.78, 5) is 12.9. The lowest BCUT2D eigenvalue weighted by Crippen LogP contribution is -2.55. The largest absolute Gasteiger partial charge is 0.496 e. The van der Waals surface area contributed by atoms with Crippen molar-refractivity contribution in [3.8, 4) is 5.75 Å². The van der Waals surface area contributed by atoms with Gasteiger partial charge >= 0.3 is 0 Å². The van der Waals surface area contributed by atoms with Crippen molar-refractivity contribution in [3.05, 3.63) is 29.3 Å². The van der Waals surface area contributed by atoms with Gasteiger partial charge in [0.25, 0.3) is 0 Å². The molecule has 2 fully saturated rings. The Balaban J connectivity index is 0.00000192. The van der Waals surface area contributed by atoms with Crippen LogP contribution in [0.15, 0.2) is 18.2 Å². The number of methoxy groups -OCH3 is 1. The molecule has 23 heavy (non-hydrogen) atoms. The molecule has 1 aliphatic heterocycles. The first kappa shape index (κ1) is 18.1. The Morgan fingerprint density at radius 3 is 2.70 bits per heavy atom. The Labute approximate surface area is 144 Å². The molecule has 4 nitrogen and oxygen atoms in total. The number of nitrogens with one attached hydrogen (secondary N) is 2. The number of rotatable bonds is 4. The molecule has 1 atom stereocenters. The van der Waals surface area contributed by atoms with Crippen molar-refractivity contribution in [1.82, 2.24) is 10.6 Å². The molecule has 5 heteroatoms. The number of halogens is 1. The number of hydrogen-bond donors (Lipinski definition) is 2. The van der Waals surface area contributed by atoms with Crippen molar-refractivity contribution < 1.29 is 9.53 Å². The van der Waals surface area contributed by atoms with Gasteiger partial charge in [0, 0.05) is 12.6 Å². The number of benzene rings is 1. The third-order valence-corrected chi connectivity index (χ3v) is 5.23. The van der Waals surface area contributed by atoms with Crippen LogP contribution in [0.25, 0.3) is 0 Å². The predicted octanol–water partition coefficient (Wildman–Crippen LogP) is 2.72. The van der Waals surface area contributed by atoms with Gasteiger partial charge in [-0.25, -0.2) is 0 Å². The minimum Gasteiger partial charge on any atom is -0.496 e. The maximum atomic E-state index is 12.9. The molecule has 1 saturated heterocycles. The van der Waals surface area contributed by atoms with E-state index in [-0.39, 0.29) is 29.8 Å². The van der Waals surface area contributed by atoms with Gasteiger partial charge < -0.3 is 15.4 Å². The highest BCUT2D eigenvalue weighted by Gasteiger charge is 2.46. The van der Waals surface area contributed by atoms with E-state index in [2.05, 4.69) is 22.8 Å². The molecule has 0 radical (unpaired) electrons. The second-order valence-corrected chi connectivity index (χ2v) is 6.64. The zero-order valence-corrected chi connectivity index (χ0v) is 14.8. The second-order valence-electron chi connectivity index (χ2n) is 6.64. The van der Waals surface area contributed by atoms with Crippen molar-refractivity contribution in [2.45, 2.75) is 50.5 Å². The number of carbonyl (C=O) groups is 1. The fourth-order valence-corrected chi connectivity index (χ4v) is 3.59. The van der Waals surface area contributed by atoms with Gasteiger partial charge in [0.05, 0.1) is 12.5 Å². The van der Waals surface area contributed by atoms with Crippen LogP contribution in [0.3, 0.4) is 0 Å². The average Bonchev–Trinajstić information content (AvgIpc) is 2.48. The van der Waals surface area contributed by atoms with E-state index in [1.54, 1.807) is 7.11 Å². The quantitative estimate of drug-likeness (QED) is 0.887. The molecule has 1 heterocycles. The number of carbonyl (C=O) groups excluding carboxylic acids is 1. The van der Waals surface area contributed by atoms with Crippen molar-refractivity contribution in [2.24, 2.45) is 0 Å². The van der Waals surface area contributed by atoms with E-state index >= 15 is 0 Å². The van der Waals surface area contributed by atoms with Crippen LogP contribution in [0.4, 0.5) is 0 Å². The molecular formula is C18H27ClN2O2. The minimum absolute atomic E-state index is 0. The van der Waals surface area contributed by atoms with Crippen molar-refractivity contribution >= 4 is 18.3 Å². The maximum absolute atomic E-state index is 12.9. The molecule has 2 aliphatic rings. The molecule has 1 aliphatic carbocycles. The molecule has 0 spiro atoms. The Kier molecular flexibility index (Phi) is 5.93. The second kappa shape index (κ2) is 7.54. The van der Waals surface area contributed by atoms with Crippen molar-refractivity contribution in [3.63, 3.8) is 0 Å². The summed E-state index contributed by atoms with van der Waals surface area (Å²) >= 11 is 0. The molecule has 0 unspecified atom stereocenters. The van der Waals surface area contributed by atoms with E-state index in [9.17, 15) is 4.79 Å². The highest BCUT2D eigenvalue weighted by Crippen LogP contribution is 2.45. The molecule has 1 aromatic carbocycles.